The molecule has 0 aliphatic carbocycles. The Hall–Kier alpha value is -0.500. The SMILES string of the molecule is CC(C)OC(C)C(=O)OC(C)C(=O)C(C)(C)OCCC(C)(C)OCCC(C)(C)Br. The zero-order valence-electron chi connectivity index (χ0n) is 19.9. The van der Waals surface area contributed by atoms with Crippen LogP contribution >= 0.6 is 15.9 Å². The lowest BCUT2D eigenvalue weighted by Gasteiger charge is -2.31. The molecule has 0 N–H and O–H groups in total. The molecule has 0 heterocycles. The molecule has 0 aliphatic heterocycles. The first kappa shape index (κ1) is 28.5. The minimum absolute atomic E-state index is 0.0409. The number of hydrogen-bond acceptors (Lipinski definition) is 6. The van der Waals surface area contributed by atoms with Crippen LogP contribution in [-0.2, 0) is 28.5 Å². The number of ether oxygens (including phenoxy) is 4. The van der Waals surface area contributed by atoms with Crippen molar-refractivity contribution >= 4 is 27.7 Å². The number of alkyl halides is 1. The largest absolute Gasteiger partial charge is 0.453 e. The number of ketones is 1. The average Bonchev–Trinajstić information content (AvgIpc) is 2.51. The molecule has 0 saturated carbocycles. The molecule has 0 aromatic heterocycles. The van der Waals surface area contributed by atoms with Gasteiger partial charge in [-0.25, -0.2) is 4.79 Å². The summed E-state index contributed by atoms with van der Waals surface area (Å²) in [5.74, 6) is -0.845. The molecule has 0 rings (SSSR count). The molecule has 29 heavy (non-hydrogen) atoms. The third-order valence-electron chi connectivity index (χ3n) is 4.42. The van der Waals surface area contributed by atoms with Crippen molar-refractivity contribution in [3.8, 4) is 0 Å². The average molecular weight is 481 g/mol. The molecule has 0 aromatic carbocycles. The lowest BCUT2D eigenvalue weighted by molar-refractivity contribution is -0.172. The van der Waals surface area contributed by atoms with Gasteiger partial charge in [-0.2, -0.15) is 0 Å². The maximum Gasteiger partial charge on any atom is 0.335 e. The van der Waals surface area contributed by atoms with Crippen molar-refractivity contribution in [1.29, 1.82) is 0 Å². The molecule has 6 nitrogen and oxygen atoms in total. The van der Waals surface area contributed by atoms with Gasteiger partial charge in [-0.05, 0) is 82.1 Å². The van der Waals surface area contributed by atoms with E-state index in [4.69, 9.17) is 18.9 Å². The second-order valence-corrected chi connectivity index (χ2v) is 11.6. The summed E-state index contributed by atoms with van der Waals surface area (Å²) < 4.78 is 22.5. The van der Waals surface area contributed by atoms with Gasteiger partial charge < -0.3 is 18.9 Å². The summed E-state index contributed by atoms with van der Waals surface area (Å²) in [6, 6.07) is 0. The van der Waals surface area contributed by atoms with Gasteiger partial charge in [0.1, 0.15) is 5.60 Å². The summed E-state index contributed by atoms with van der Waals surface area (Å²) >= 11 is 3.61. The van der Waals surface area contributed by atoms with E-state index in [0.717, 1.165) is 6.42 Å². The molecule has 7 heteroatoms. The van der Waals surface area contributed by atoms with Crippen LogP contribution < -0.4 is 0 Å². The van der Waals surface area contributed by atoms with E-state index in [1.54, 1.807) is 27.7 Å². The molecule has 0 radical (unpaired) electrons. The minimum atomic E-state index is -1.07. The van der Waals surface area contributed by atoms with Gasteiger partial charge in [0.2, 0.25) is 5.78 Å². The summed E-state index contributed by atoms with van der Waals surface area (Å²) in [5, 5.41) is 0. The highest BCUT2D eigenvalue weighted by atomic mass is 79.9. The van der Waals surface area contributed by atoms with Gasteiger partial charge in [0.05, 0.1) is 18.3 Å². The van der Waals surface area contributed by atoms with E-state index in [0.29, 0.717) is 19.6 Å². The summed E-state index contributed by atoms with van der Waals surface area (Å²) in [4.78, 5) is 24.8. The van der Waals surface area contributed by atoms with Crippen molar-refractivity contribution in [3.05, 3.63) is 0 Å². The van der Waals surface area contributed by atoms with Crippen LogP contribution in [0.1, 0.15) is 82.1 Å². The Labute approximate surface area is 185 Å². The van der Waals surface area contributed by atoms with Gasteiger partial charge in [-0.15, -0.1) is 0 Å². The Morgan fingerprint density at radius 1 is 0.828 bits per heavy atom. The van der Waals surface area contributed by atoms with Crippen LogP contribution in [0.2, 0.25) is 0 Å². The van der Waals surface area contributed by atoms with E-state index < -0.39 is 23.8 Å². The fraction of sp³-hybridized carbons (Fsp3) is 0.909. The number of carbonyl (C=O) groups is 2. The zero-order valence-corrected chi connectivity index (χ0v) is 21.5. The predicted octanol–water partition coefficient (Wildman–Crippen LogP) is 4.84. The van der Waals surface area contributed by atoms with Crippen LogP contribution in [0.3, 0.4) is 0 Å². The van der Waals surface area contributed by atoms with Gasteiger partial charge in [-0.3, -0.25) is 4.79 Å². The fourth-order valence-corrected chi connectivity index (χ4v) is 2.70. The summed E-state index contributed by atoms with van der Waals surface area (Å²) in [7, 11) is 0. The number of carbonyl (C=O) groups excluding carboxylic acids is 2. The maximum absolute atomic E-state index is 12.7. The predicted molar refractivity (Wildman–Crippen MR) is 119 cm³/mol. The summed E-state index contributed by atoms with van der Waals surface area (Å²) in [6.45, 7) is 19.4. The molecule has 2 atom stereocenters. The van der Waals surface area contributed by atoms with Crippen LogP contribution in [0.4, 0.5) is 0 Å². The number of esters is 1. The first-order chi connectivity index (χ1) is 13.0. The minimum Gasteiger partial charge on any atom is -0.453 e. The van der Waals surface area contributed by atoms with Crippen molar-refractivity contribution in [2.24, 2.45) is 0 Å². The van der Waals surface area contributed by atoms with Crippen LogP contribution in [0.25, 0.3) is 0 Å². The fourth-order valence-electron chi connectivity index (χ4n) is 2.54. The Kier molecular flexibility index (Phi) is 11.6. The molecule has 0 aliphatic rings. The van der Waals surface area contributed by atoms with Crippen LogP contribution in [-0.4, -0.2) is 58.8 Å². The molecule has 2 unspecified atom stereocenters. The second-order valence-electron chi connectivity index (χ2n) is 9.46. The molecule has 172 valence electrons. The van der Waals surface area contributed by atoms with Crippen molar-refractivity contribution in [2.75, 3.05) is 13.2 Å². The van der Waals surface area contributed by atoms with E-state index in [1.165, 1.54) is 0 Å². The van der Waals surface area contributed by atoms with E-state index >= 15 is 0 Å². The summed E-state index contributed by atoms with van der Waals surface area (Å²) in [6.07, 6.45) is -0.212. The van der Waals surface area contributed by atoms with Crippen LogP contribution in [0.15, 0.2) is 0 Å². The first-order valence-corrected chi connectivity index (χ1v) is 11.1. The normalized spacial score (nSPS) is 15.3. The molecule has 0 fully saturated rings. The van der Waals surface area contributed by atoms with Gasteiger partial charge in [0, 0.05) is 10.9 Å². The van der Waals surface area contributed by atoms with Crippen molar-refractivity contribution in [1.82, 2.24) is 0 Å². The molecule has 0 spiro atoms. The first-order valence-electron chi connectivity index (χ1n) is 10.3. The highest BCUT2D eigenvalue weighted by Gasteiger charge is 2.36. The standard InChI is InChI=1S/C22H41BrO6/c1-15(2)28-17(4)19(25)29-16(3)18(24)22(9,10)27-14-12-21(7,8)26-13-11-20(5,6)23/h15-17H,11-14H2,1-10H3. The lowest BCUT2D eigenvalue weighted by atomic mass is 9.98. The van der Waals surface area contributed by atoms with Gasteiger partial charge >= 0.3 is 5.97 Å². The van der Waals surface area contributed by atoms with Gasteiger partial charge in [0.15, 0.2) is 12.2 Å². The maximum atomic E-state index is 12.7. The molecular weight excluding hydrogens is 440 g/mol. The highest BCUT2D eigenvalue weighted by molar-refractivity contribution is 9.10. The Morgan fingerprint density at radius 2 is 1.34 bits per heavy atom. The third-order valence-corrected chi connectivity index (χ3v) is 4.82. The Morgan fingerprint density at radius 3 is 1.83 bits per heavy atom. The van der Waals surface area contributed by atoms with Gasteiger partial charge in [-0.1, -0.05) is 15.9 Å². The molecule has 0 aromatic rings. The number of halogens is 1. The molecular formula is C22H41BrO6. The monoisotopic (exact) mass is 480 g/mol. The van der Waals surface area contributed by atoms with E-state index in [9.17, 15) is 9.59 Å². The zero-order chi connectivity index (χ0) is 23.0. The van der Waals surface area contributed by atoms with Crippen molar-refractivity contribution in [2.45, 2.75) is 116 Å². The Balaban J connectivity index is 4.53. The second kappa shape index (κ2) is 11.8. The van der Waals surface area contributed by atoms with E-state index in [-0.39, 0.29) is 21.8 Å². The molecule has 0 bridgehead atoms. The van der Waals surface area contributed by atoms with Gasteiger partial charge in [0.25, 0.3) is 0 Å². The molecule has 0 amide bonds. The van der Waals surface area contributed by atoms with Crippen molar-refractivity contribution < 1.29 is 28.5 Å². The quantitative estimate of drug-likeness (QED) is 0.261. The summed E-state index contributed by atoms with van der Waals surface area (Å²) in [5.41, 5.74) is -1.44. The van der Waals surface area contributed by atoms with Crippen LogP contribution in [0.5, 0.6) is 0 Å². The topological polar surface area (TPSA) is 71.1 Å². The van der Waals surface area contributed by atoms with Crippen molar-refractivity contribution in [3.63, 3.8) is 0 Å². The number of rotatable bonds is 14. The van der Waals surface area contributed by atoms with Crippen LogP contribution in [0, 0.1) is 0 Å². The molecule has 0 saturated heterocycles. The Bertz CT molecular complexity index is 522. The highest BCUT2D eigenvalue weighted by Crippen LogP contribution is 2.24. The number of Topliss-reactive ketones (excluding diaryl/α,β-unsaturated/α-hetero) is 1. The smallest absolute Gasteiger partial charge is 0.335 e. The lowest BCUT2D eigenvalue weighted by Crippen LogP contribution is -2.45. The third kappa shape index (κ3) is 12.7. The number of hydrogen-bond donors (Lipinski definition) is 0. The van der Waals surface area contributed by atoms with E-state index in [1.807, 2.05) is 27.7 Å². The van der Waals surface area contributed by atoms with E-state index in [2.05, 4.69) is 29.8 Å².